The topological polar surface area (TPSA) is 50.4 Å². The number of benzene rings is 1. The van der Waals surface area contributed by atoms with E-state index in [-0.39, 0.29) is 11.2 Å². The van der Waals surface area contributed by atoms with Crippen LogP contribution in [0.25, 0.3) is 0 Å². The molecule has 0 spiro atoms. The molecule has 1 aromatic carbocycles. The zero-order valence-corrected chi connectivity index (χ0v) is 12.0. The summed E-state index contributed by atoms with van der Waals surface area (Å²) in [6, 6.07) is 6.64. The average Bonchev–Trinajstić information content (AvgIpc) is 2.37. The van der Waals surface area contributed by atoms with Crippen molar-refractivity contribution in [2.45, 2.75) is 39.0 Å². The first-order chi connectivity index (χ1) is 8.95. The van der Waals surface area contributed by atoms with Gasteiger partial charge in [-0.1, -0.05) is 39.3 Å². The maximum atomic E-state index is 13.2. The smallest absolute Gasteiger partial charge is 0.188 e. The quantitative estimate of drug-likeness (QED) is 0.472. The molecule has 0 saturated heterocycles. The number of unbranched alkanes of at least 4 members (excludes halogenated alkanes) is 1. The molecule has 1 aromatic rings. The van der Waals surface area contributed by atoms with Gasteiger partial charge in [0.1, 0.15) is 5.82 Å². The van der Waals surface area contributed by atoms with Crippen LogP contribution in [0, 0.1) is 5.82 Å². The molecule has 3 nitrogen and oxygen atoms in total. The predicted octanol–water partition coefficient (Wildman–Crippen LogP) is 2.81. The Labute approximate surface area is 115 Å². The summed E-state index contributed by atoms with van der Waals surface area (Å²) in [5.74, 6) is 0.238. The van der Waals surface area contributed by atoms with Crippen LogP contribution in [0.5, 0.6) is 0 Å². The van der Waals surface area contributed by atoms with E-state index < -0.39 is 0 Å². The van der Waals surface area contributed by atoms with Crippen molar-refractivity contribution in [1.82, 2.24) is 5.32 Å². The molecule has 0 atom stereocenters. The second kappa shape index (κ2) is 7.12. The van der Waals surface area contributed by atoms with Crippen LogP contribution in [-0.2, 0) is 5.41 Å². The fourth-order valence-corrected chi connectivity index (χ4v) is 1.73. The van der Waals surface area contributed by atoms with Crippen LogP contribution in [0.15, 0.2) is 29.3 Å². The van der Waals surface area contributed by atoms with E-state index in [2.05, 4.69) is 17.2 Å². The van der Waals surface area contributed by atoms with E-state index >= 15 is 0 Å². The Morgan fingerprint density at radius 2 is 2.16 bits per heavy atom. The maximum Gasteiger partial charge on any atom is 0.188 e. The SMILES string of the molecule is CCCCNC(N)=NCC(C)(C)c1cccc(F)c1. The molecule has 0 aliphatic carbocycles. The minimum Gasteiger partial charge on any atom is -0.370 e. The number of halogens is 1. The highest BCUT2D eigenvalue weighted by Gasteiger charge is 2.20. The van der Waals surface area contributed by atoms with Gasteiger partial charge in [-0.05, 0) is 24.1 Å². The van der Waals surface area contributed by atoms with Crippen molar-refractivity contribution in [1.29, 1.82) is 0 Å². The highest BCUT2D eigenvalue weighted by molar-refractivity contribution is 5.77. The molecule has 0 amide bonds. The Morgan fingerprint density at radius 1 is 1.42 bits per heavy atom. The van der Waals surface area contributed by atoms with Crippen LogP contribution in [0.4, 0.5) is 4.39 Å². The lowest BCUT2D eigenvalue weighted by molar-refractivity contribution is 0.530. The highest BCUT2D eigenvalue weighted by Crippen LogP contribution is 2.23. The molecule has 1 rings (SSSR count). The van der Waals surface area contributed by atoms with Gasteiger partial charge in [-0.3, -0.25) is 4.99 Å². The molecule has 0 unspecified atom stereocenters. The minimum absolute atomic E-state index is 0.219. The summed E-state index contributed by atoms with van der Waals surface area (Å²) in [6.45, 7) is 7.56. The second-order valence-electron chi connectivity index (χ2n) is 5.38. The van der Waals surface area contributed by atoms with Crippen LogP contribution >= 0.6 is 0 Å². The van der Waals surface area contributed by atoms with E-state index in [4.69, 9.17) is 5.73 Å². The lowest BCUT2D eigenvalue weighted by atomic mass is 9.85. The van der Waals surface area contributed by atoms with Crippen LogP contribution in [0.1, 0.15) is 39.2 Å². The molecule has 0 aliphatic rings. The van der Waals surface area contributed by atoms with Crippen LogP contribution < -0.4 is 11.1 Å². The lowest BCUT2D eigenvalue weighted by Crippen LogP contribution is -2.34. The first-order valence-electron chi connectivity index (χ1n) is 6.75. The standard InChI is InChI=1S/C15H24FN3/c1-4-5-9-18-14(17)19-11-15(2,3)12-7-6-8-13(16)10-12/h6-8,10H,4-5,9,11H2,1-3H3,(H3,17,18,19). The molecule has 0 aromatic heterocycles. The lowest BCUT2D eigenvalue weighted by Gasteiger charge is -2.23. The van der Waals surface area contributed by atoms with E-state index in [0.29, 0.717) is 12.5 Å². The van der Waals surface area contributed by atoms with Crippen molar-refractivity contribution in [3.05, 3.63) is 35.6 Å². The van der Waals surface area contributed by atoms with Crippen LogP contribution in [0.2, 0.25) is 0 Å². The first kappa shape index (κ1) is 15.5. The fourth-order valence-electron chi connectivity index (χ4n) is 1.73. The third kappa shape index (κ3) is 5.28. The molecule has 0 bridgehead atoms. The van der Waals surface area contributed by atoms with Gasteiger partial charge in [0.15, 0.2) is 5.96 Å². The zero-order valence-electron chi connectivity index (χ0n) is 12.0. The number of guanidine groups is 1. The number of nitrogens with one attached hydrogen (secondary N) is 1. The van der Waals surface area contributed by atoms with E-state index in [1.807, 2.05) is 19.9 Å². The Morgan fingerprint density at radius 3 is 2.79 bits per heavy atom. The Balaban J connectivity index is 2.61. The Hall–Kier alpha value is -1.58. The second-order valence-corrected chi connectivity index (χ2v) is 5.38. The molecule has 0 radical (unpaired) electrons. The largest absolute Gasteiger partial charge is 0.370 e. The van der Waals surface area contributed by atoms with E-state index in [1.54, 1.807) is 12.1 Å². The van der Waals surface area contributed by atoms with Gasteiger partial charge in [-0.25, -0.2) is 4.39 Å². The summed E-state index contributed by atoms with van der Waals surface area (Å²) in [6.07, 6.45) is 2.19. The fraction of sp³-hybridized carbons (Fsp3) is 0.533. The van der Waals surface area contributed by atoms with E-state index in [9.17, 15) is 4.39 Å². The normalized spacial score (nSPS) is 12.5. The summed E-state index contributed by atoms with van der Waals surface area (Å²) in [4.78, 5) is 4.33. The Kier molecular flexibility index (Phi) is 5.80. The molecule has 3 N–H and O–H groups in total. The van der Waals surface area contributed by atoms with E-state index in [1.165, 1.54) is 6.07 Å². The number of nitrogens with zero attached hydrogens (tertiary/aromatic N) is 1. The van der Waals surface area contributed by atoms with E-state index in [0.717, 1.165) is 24.9 Å². The number of rotatable bonds is 6. The molecule has 106 valence electrons. The predicted molar refractivity (Wildman–Crippen MR) is 78.8 cm³/mol. The maximum absolute atomic E-state index is 13.2. The van der Waals surface area contributed by atoms with Crippen molar-refractivity contribution in [2.24, 2.45) is 10.7 Å². The summed E-state index contributed by atoms with van der Waals surface area (Å²) < 4.78 is 13.2. The van der Waals surface area contributed by atoms with Crippen molar-refractivity contribution in [2.75, 3.05) is 13.1 Å². The number of aliphatic imine (C=N–C) groups is 1. The summed E-state index contributed by atoms with van der Waals surface area (Å²) in [7, 11) is 0. The third-order valence-electron chi connectivity index (χ3n) is 3.09. The molecule has 0 heterocycles. The summed E-state index contributed by atoms with van der Waals surface area (Å²) in [5, 5.41) is 3.07. The van der Waals surface area contributed by atoms with Gasteiger partial charge < -0.3 is 11.1 Å². The Bertz CT molecular complexity index is 427. The van der Waals surface area contributed by atoms with Crippen molar-refractivity contribution < 1.29 is 4.39 Å². The van der Waals surface area contributed by atoms with Gasteiger partial charge in [-0.15, -0.1) is 0 Å². The molecular formula is C15H24FN3. The average molecular weight is 265 g/mol. The van der Waals surface area contributed by atoms with Gasteiger partial charge in [0.2, 0.25) is 0 Å². The summed E-state index contributed by atoms with van der Waals surface area (Å²) >= 11 is 0. The van der Waals surface area contributed by atoms with Gasteiger partial charge >= 0.3 is 0 Å². The molecular weight excluding hydrogens is 241 g/mol. The first-order valence-corrected chi connectivity index (χ1v) is 6.75. The van der Waals surface area contributed by atoms with Crippen molar-refractivity contribution >= 4 is 5.96 Å². The van der Waals surface area contributed by atoms with Gasteiger partial charge in [0.25, 0.3) is 0 Å². The number of nitrogens with two attached hydrogens (primary N) is 1. The van der Waals surface area contributed by atoms with Gasteiger partial charge in [0, 0.05) is 12.0 Å². The third-order valence-corrected chi connectivity index (χ3v) is 3.09. The van der Waals surface area contributed by atoms with Crippen LogP contribution in [0.3, 0.4) is 0 Å². The molecule has 0 saturated carbocycles. The zero-order chi connectivity index (χ0) is 14.3. The monoisotopic (exact) mass is 265 g/mol. The molecule has 19 heavy (non-hydrogen) atoms. The number of hydrogen-bond acceptors (Lipinski definition) is 1. The minimum atomic E-state index is -0.237. The number of hydrogen-bond donors (Lipinski definition) is 2. The molecule has 0 fully saturated rings. The molecule has 4 heteroatoms. The van der Waals surface area contributed by atoms with Crippen molar-refractivity contribution in [3.8, 4) is 0 Å². The van der Waals surface area contributed by atoms with Crippen molar-refractivity contribution in [3.63, 3.8) is 0 Å². The summed E-state index contributed by atoms with van der Waals surface area (Å²) in [5.41, 5.74) is 6.49. The molecule has 0 aliphatic heterocycles. The van der Waals surface area contributed by atoms with Gasteiger partial charge in [-0.2, -0.15) is 0 Å². The van der Waals surface area contributed by atoms with Crippen LogP contribution in [-0.4, -0.2) is 19.0 Å². The van der Waals surface area contributed by atoms with Gasteiger partial charge in [0.05, 0.1) is 6.54 Å². The highest BCUT2D eigenvalue weighted by atomic mass is 19.1.